The van der Waals surface area contributed by atoms with Crippen molar-refractivity contribution in [2.24, 2.45) is 5.16 Å². The van der Waals surface area contributed by atoms with Crippen molar-refractivity contribution < 1.29 is 28.0 Å². The number of fused-ring (bicyclic) bond motifs is 1. The highest BCUT2D eigenvalue weighted by Crippen LogP contribution is 2.26. The second kappa shape index (κ2) is 12.3. The normalized spacial score (nSPS) is 17.1. The quantitative estimate of drug-likeness (QED) is 0.236. The highest BCUT2D eigenvalue weighted by Gasteiger charge is 2.39. The van der Waals surface area contributed by atoms with Crippen molar-refractivity contribution >= 4 is 45.8 Å². The van der Waals surface area contributed by atoms with E-state index in [4.69, 9.17) is 16.4 Å². The first-order valence-electron chi connectivity index (χ1n) is 12.5. The Morgan fingerprint density at radius 2 is 2.05 bits per heavy atom. The molecular weight excluding hydrogens is 544 g/mol. The first-order chi connectivity index (χ1) is 19.1. The van der Waals surface area contributed by atoms with Crippen LogP contribution < -0.4 is 5.32 Å². The minimum Gasteiger partial charge on any atom is -0.395 e. The number of oxime groups is 1. The summed E-state index contributed by atoms with van der Waals surface area (Å²) in [7, 11) is 0. The predicted molar refractivity (Wildman–Crippen MR) is 144 cm³/mol. The summed E-state index contributed by atoms with van der Waals surface area (Å²) in [5.41, 5.74) is 1.42. The molecule has 12 heteroatoms. The number of nitriles is 1. The monoisotopic (exact) mass is 569 g/mol. The van der Waals surface area contributed by atoms with E-state index in [1.165, 1.54) is 29.8 Å². The lowest BCUT2D eigenvalue weighted by Crippen LogP contribution is -2.46. The summed E-state index contributed by atoms with van der Waals surface area (Å²) in [6.07, 6.45) is -0.110. The number of Topliss-reactive ketones (excluding diaryl/α,β-unsaturated/α-hetero) is 1. The molecule has 0 unspecified atom stereocenters. The molecule has 0 saturated carbocycles. The molecule has 1 fully saturated rings. The molecule has 208 valence electrons. The van der Waals surface area contributed by atoms with Crippen LogP contribution in [0.3, 0.4) is 0 Å². The Morgan fingerprint density at radius 3 is 2.75 bits per heavy atom. The Morgan fingerprint density at radius 1 is 1.27 bits per heavy atom. The van der Waals surface area contributed by atoms with Gasteiger partial charge >= 0.3 is 0 Å². The van der Waals surface area contributed by atoms with Crippen LogP contribution in [0.25, 0.3) is 10.9 Å². The molecule has 40 heavy (non-hydrogen) atoms. The third-order valence-electron chi connectivity index (χ3n) is 6.59. The van der Waals surface area contributed by atoms with Gasteiger partial charge in [-0.3, -0.25) is 14.4 Å². The van der Waals surface area contributed by atoms with Gasteiger partial charge in [-0.15, -0.1) is 0 Å². The van der Waals surface area contributed by atoms with Crippen LogP contribution in [0.5, 0.6) is 0 Å². The van der Waals surface area contributed by atoms with E-state index in [2.05, 4.69) is 10.5 Å². The summed E-state index contributed by atoms with van der Waals surface area (Å²) in [6.45, 7) is 2.62. The van der Waals surface area contributed by atoms with Crippen LogP contribution >= 0.6 is 11.6 Å². The maximum Gasteiger partial charge on any atom is 0.243 e. The van der Waals surface area contributed by atoms with Crippen LogP contribution in [0.1, 0.15) is 41.8 Å². The number of aromatic nitrogens is 1. The zero-order valence-electron chi connectivity index (χ0n) is 21.8. The number of amides is 2. The van der Waals surface area contributed by atoms with Gasteiger partial charge in [0.15, 0.2) is 11.5 Å². The van der Waals surface area contributed by atoms with Gasteiger partial charge in [0.05, 0.1) is 11.6 Å². The Hall–Kier alpha value is -4.30. The van der Waals surface area contributed by atoms with E-state index in [9.17, 15) is 28.4 Å². The molecule has 2 heterocycles. The van der Waals surface area contributed by atoms with E-state index in [1.807, 2.05) is 6.07 Å². The Balaban J connectivity index is 1.58. The molecule has 1 N–H and O–H groups in total. The van der Waals surface area contributed by atoms with Crippen LogP contribution in [0.4, 0.5) is 8.78 Å². The number of carbonyl (C=O) groups excluding carboxylic acids is 3. The van der Waals surface area contributed by atoms with Gasteiger partial charge in [-0.1, -0.05) is 41.0 Å². The van der Waals surface area contributed by atoms with E-state index in [0.29, 0.717) is 22.0 Å². The number of alkyl halides is 1. The summed E-state index contributed by atoms with van der Waals surface area (Å²) in [5, 5.41) is 16.3. The lowest BCUT2D eigenvalue weighted by molar-refractivity contribution is -0.139. The molecule has 1 aromatic heterocycles. The smallest absolute Gasteiger partial charge is 0.243 e. The number of nitrogens with one attached hydrogen (secondary N) is 1. The van der Waals surface area contributed by atoms with Gasteiger partial charge in [0.2, 0.25) is 11.8 Å². The molecule has 0 aliphatic carbocycles. The number of hydrogen-bond acceptors (Lipinski definition) is 6. The lowest BCUT2D eigenvalue weighted by atomic mass is 10.1. The molecule has 2 aromatic carbocycles. The number of benzene rings is 2. The molecule has 0 radical (unpaired) electrons. The van der Waals surface area contributed by atoms with Crippen molar-refractivity contribution in [2.45, 2.75) is 45.6 Å². The summed E-state index contributed by atoms with van der Waals surface area (Å²) < 4.78 is 30.2. The van der Waals surface area contributed by atoms with Gasteiger partial charge < -0.3 is 19.6 Å². The number of likely N-dealkylation sites (tertiary alicyclic amines) is 1. The second-order valence-corrected chi connectivity index (χ2v) is 9.66. The van der Waals surface area contributed by atoms with Crippen LogP contribution in [-0.2, 0) is 27.5 Å². The molecule has 1 aliphatic heterocycles. The molecule has 9 nitrogen and oxygen atoms in total. The average molecular weight is 570 g/mol. The largest absolute Gasteiger partial charge is 0.395 e. The summed E-state index contributed by atoms with van der Waals surface area (Å²) >= 11 is 5.80. The van der Waals surface area contributed by atoms with Gasteiger partial charge in [0, 0.05) is 46.8 Å². The Labute approximate surface area is 233 Å². The van der Waals surface area contributed by atoms with E-state index in [1.54, 1.807) is 31.2 Å². The number of carbonyl (C=O) groups is 3. The van der Waals surface area contributed by atoms with Crippen molar-refractivity contribution in [3.05, 3.63) is 70.1 Å². The fourth-order valence-corrected chi connectivity index (χ4v) is 4.84. The molecule has 1 aliphatic rings. The zero-order valence-corrected chi connectivity index (χ0v) is 22.5. The molecule has 4 rings (SSSR count). The van der Waals surface area contributed by atoms with E-state index < -0.39 is 29.8 Å². The van der Waals surface area contributed by atoms with Crippen molar-refractivity contribution in [1.29, 1.82) is 5.26 Å². The predicted octanol–water partition coefficient (Wildman–Crippen LogP) is 4.16. The molecule has 2 atom stereocenters. The number of nitrogens with zero attached hydrogens (tertiary/aromatic N) is 4. The van der Waals surface area contributed by atoms with Crippen molar-refractivity contribution in [1.82, 2.24) is 14.8 Å². The van der Waals surface area contributed by atoms with Gasteiger partial charge in [-0.25, -0.2) is 8.78 Å². The third kappa shape index (κ3) is 5.97. The van der Waals surface area contributed by atoms with Crippen molar-refractivity contribution in [3.63, 3.8) is 0 Å². The first kappa shape index (κ1) is 28.7. The van der Waals surface area contributed by atoms with E-state index in [0.717, 1.165) is 4.90 Å². The van der Waals surface area contributed by atoms with Crippen LogP contribution in [-0.4, -0.2) is 58.1 Å². The van der Waals surface area contributed by atoms with Gasteiger partial charge in [-0.2, -0.15) is 5.26 Å². The molecule has 2 amide bonds. The highest BCUT2D eigenvalue weighted by atomic mass is 35.5. The topological polar surface area (TPSA) is 117 Å². The highest BCUT2D eigenvalue weighted by molar-refractivity contribution is 6.30. The average Bonchev–Trinajstić information content (AvgIpc) is 3.50. The minimum absolute atomic E-state index is 0.0138. The first-order valence-corrected chi connectivity index (χ1v) is 12.9. The van der Waals surface area contributed by atoms with Crippen LogP contribution in [0.15, 0.2) is 47.8 Å². The SMILES string of the molecule is CCON=C(C#N)c1ccc2c(C(C)=O)cn(CC(=O)N3C[C@H](F)C[C@H]3C(=O)NCc3cccc(Cl)c3F)c2c1. The zero-order chi connectivity index (χ0) is 29.0. The minimum atomic E-state index is -1.42. The molecule has 1 saturated heterocycles. The van der Waals surface area contributed by atoms with E-state index in [-0.39, 0.29) is 54.7 Å². The summed E-state index contributed by atoms with van der Waals surface area (Å²) in [4.78, 5) is 44.8. The molecule has 0 bridgehead atoms. The number of halogens is 3. The third-order valence-corrected chi connectivity index (χ3v) is 6.88. The van der Waals surface area contributed by atoms with Crippen LogP contribution in [0, 0.1) is 17.1 Å². The number of rotatable bonds is 9. The summed E-state index contributed by atoms with van der Waals surface area (Å²) in [5.74, 6) is -2.07. The van der Waals surface area contributed by atoms with Gasteiger partial charge in [-0.05, 0) is 26.0 Å². The van der Waals surface area contributed by atoms with Crippen LogP contribution in [0.2, 0.25) is 5.02 Å². The lowest BCUT2D eigenvalue weighted by Gasteiger charge is -2.24. The number of hydrogen-bond donors (Lipinski definition) is 1. The summed E-state index contributed by atoms with van der Waals surface area (Å²) in [6, 6.07) is 10.1. The van der Waals surface area contributed by atoms with Crippen molar-refractivity contribution in [3.8, 4) is 6.07 Å². The molecule has 3 aromatic rings. The maximum atomic E-state index is 14.5. The fourth-order valence-electron chi connectivity index (χ4n) is 4.65. The molecule has 0 spiro atoms. The van der Waals surface area contributed by atoms with Gasteiger partial charge in [0.1, 0.15) is 37.3 Å². The Kier molecular flexibility index (Phi) is 8.80. The number of ketones is 1. The van der Waals surface area contributed by atoms with E-state index >= 15 is 0 Å². The van der Waals surface area contributed by atoms with Crippen molar-refractivity contribution in [2.75, 3.05) is 13.2 Å². The maximum absolute atomic E-state index is 14.5. The Bertz CT molecular complexity index is 1550. The van der Waals surface area contributed by atoms with Gasteiger partial charge in [0.25, 0.3) is 0 Å². The second-order valence-electron chi connectivity index (χ2n) is 9.25. The molecular formula is C28H26ClF2N5O4. The fraction of sp³-hybridized carbons (Fsp3) is 0.321. The standard InChI is InChI=1S/C28H26ClF2N5O4/c1-3-40-34-23(11-32)17-7-8-20-21(16(2)37)14-35(24(20)9-17)15-26(38)36-13-19(30)10-25(36)28(39)33-12-18-5-4-6-22(29)27(18)31/h4-9,14,19,25H,3,10,12-13,15H2,1-2H3,(H,33,39)/t19-,25+/m1/s1.